The number of Topliss-reactive ketones (excluding diaryl/α,β-unsaturated/α-hetero) is 1. The molecule has 2 N–H and O–H groups in total. The molecule has 11 heteroatoms. The molecule has 2 aromatic heterocycles. The third kappa shape index (κ3) is 5.42. The molecule has 0 spiro atoms. The molecule has 9 nitrogen and oxygen atoms in total. The molecule has 0 aliphatic carbocycles. The maximum Gasteiger partial charge on any atom is 0.239 e. The molecule has 1 aromatic carbocycles. The molecule has 1 atom stereocenters. The van der Waals surface area contributed by atoms with E-state index in [1.165, 1.54) is 37.5 Å². The van der Waals surface area contributed by atoms with Gasteiger partial charge in [-0.25, -0.2) is 9.37 Å². The summed E-state index contributed by atoms with van der Waals surface area (Å²) in [5.74, 6) is -1.10. The van der Waals surface area contributed by atoms with Crippen molar-refractivity contribution in [2.45, 2.75) is 26.5 Å². The number of hydrogen-bond acceptors (Lipinski definition) is 8. The zero-order chi connectivity index (χ0) is 24.8. The van der Waals surface area contributed by atoms with Gasteiger partial charge in [-0.3, -0.25) is 10.2 Å². The van der Waals surface area contributed by atoms with Gasteiger partial charge in [0.2, 0.25) is 11.6 Å². The normalized spacial score (nSPS) is 12.2. The second kappa shape index (κ2) is 10.9. The van der Waals surface area contributed by atoms with Crippen LogP contribution < -0.4 is 10.2 Å². The monoisotopic (exact) mass is 528 g/mol. The van der Waals surface area contributed by atoms with E-state index in [0.717, 1.165) is 0 Å². The van der Waals surface area contributed by atoms with E-state index in [1.54, 1.807) is 25.4 Å². The van der Waals surface area contributed by atoms with Gasteiger partial charge in [-0.1, -0.05) is 0 Å². The van der Waals surface area contributed by atoms with Gasteiger partial charge in [0, 0.05) is 53.3 Å². The summed E-state index contributed by atoms with van der Waals surface area (Å²) in [6.45, 7) is 4.25. The molecule has 0 amide bonds. The van der Waals surface area contributed by atoms with Crippen LogP contribution in [-0.2, 0) is 6.54 Å². The number of pyridine rings is 1. The summed E-state index contributed by atoms with van der Waals surface area (Å²) < 4.78 is 22.5. The highest BCUT2D eigenvalue weighted by atomic mass is 79.9. The van der Waals surface area contributed by atoms with Crippen LogP contribution in [0.4, 0.5) is 10.2 Å². The van der Waals surface area contributed by atoms with Gasteiger partial charge in [-0.05, 0) is 65.3 Å². The zero-order valence-corrected chi connectivity index (χ0v) is 20.3. The van der Waals surface area contributed by atoms with Crippen molar-refractivity contribution in [3.05, 3.63) is 80.8 Å². The first-order valence-corrected chi connectivity index (χ1v) is 11.1. The number of nitroso groups, excluding NO2 is 1. The average Bonchev–Trinajstić information content (AvgIpc) is 3.31. The Bertz CT molecular complexity index is 1270. The smallest absolute Gasteiger partial charge is 0.239 e. The van der Waals surface area contributed by atoms with E-state index in [0.29, 0.717) is 16.6 Å². The minimum atomic E-state index is -0.824. The number of ether oxygens (including phenoxy) is 1. The van der Waals surface area contributed by atoms with Gasteiger partial charge in [0.25, 0.3) is 0 Å². The number of aromatic nitrogens is 2. The van der Waals surface area contributed by atoms with Crippen LogP contribution in [0.25, 0.3) is 0 Å². The maximum absolute atomic E-state index is 14.2. The van der Waals surface area contributed by atoms with Gasteiger partial charge in [-0.15, -0.1) is 4.91 Å². The molecule has 0 bridgehead atoms. The van der Waals surface area contributed by atoms with Gasteiger partial charge < -0.3 is 14.7 Å². The van der Waals surface area contributed by atoms with Crippen LogP contribution in [0, 0.1) is 16.1 Å². The summed E-state index contributed by atoms with van der Waals surface area (Å²) in [6.07, 6.45) is 4.01. The number of nitrogens with zero attached hydrogens (tertiary/aromatic N) is 4. The van der Waals surface area contributed by atoms with Crippen LogP contribution in [0.15, 0.2) is 63.7 Å². The van der Waals surface area contributed by atoms with Crippen LogP contribution in [0.2, 0.25) is 0 Å². The number of benzene rings is 1. The van der Waals surface area contributed by atoms with Crippen molar-refractivity contribution < 1.29 is 13.9 Å². The fourth-order valence-electron chi connectivity index (χ4n) is 3.29. The van der Waals surface area contributed by atoms with Gasteiger partial charge >= 0.3 is 0 Å². The minimum Gasteiger partial charge on any atom is -0.482 e. The highest BCUT2D eigenvalue weighted by Crippen LogP contribution is 2.33. The van der Waals surface area contributed by atoms with Crippen molar-refractivity contribution in [1.29, 1.82) is 5.41 Å². The summed E-state index contributed by atoms with van der Waals surface area (Å²) in [6, 6.07) is 6.95. The summed E-state index contributed by atoms with van der Waals surface area (Å²) in [4.78, 5) is 28.2. The lowest BCUT2D eigenvalue weighted by Crippen LogP contribution is -2.28. The molecule has 0 saturated carbocycles. The molecule has 0 saturated heterocycles. The van der Waals surface area contributed by atoms with Crippen molar-refractivity contribution in [1.82, 2.24) is 15.0 Å². The minimum absolute atomic E-state index is 0.0831. The average molecular weight is 529 g/mol. The maximum atomic E-state index is 14.2. The molecule has 176 valence electrons. The second-order valence-electron chi connectivity index (χ2n) is 7.18. The van der Waals surface area contributed by atoms with Crippen molar-refractivity contribution in [2.75, 3.05) is 7.05 Å². The number of carbonyl (C=O) groups is 1. The SMILES string of the molecule is CCn1ccc(C(=O)/C(=N/NC)C(=N)c2ccc(F)cc2[C@@H](C)Oc2cc(Br)cnc2N=O)c1. The molecule has 3 aromatic rings. The lowest BCUT2D eigenvalue weighted by molar-refractivity contribution is 0.106. The lowest BCUT2D eigenvalue weighted by atomic mass is 9.94. The van der Waals surface area contributed by atoms with Gasteiger partial charge in [-0.2, -0.15) is 5.10 Å². The van der Waals surface area contributed by atoms with Gasteiger partial charge in [0.15, 0.2) is 11.5 Å². The summed E-state index contributed by atoms with van der Waals surface area (Å²) in [5, 5.41) is 15.6. The zero-order valence-electron chi connectivity index (χ0n) is 18.7. The van der Waals surface area contributed by atoms with Crippen LogP contribution in [-0.4, -0.2) is 33.8 Å². The predicted molar refractivity (Wildman–Crippen MR) is 131 cm³/mol. The molecule has 2 heterocycles. The molecule has 0 aliphatic rings. The number of nitrogens with one attached hydrogen (secondary N) is 2. The third-order valence-electron chi connectivity index (χ3n) is 4.96. The molecule has 0 fully saturated rings. The van der Waals surface area contributed by atoms with E-state index in [9.17, 15) is 14.1 Å². The first-order chi connectivity index (χ1) is 16.3. The molecule has 0 aliphatic heterocycles. The van der Waals surface area contributed by atoms with Crippen molar-refractivity contribution in [3.63, 3.8) is 0 Å². The van der Waals surface area contributed by atoms with Crippen LogP contribution in [0.3, 0.4) is 0 Å². The quantitative estimate of drug-likeness (QED) is 0.163. The molecule has 34 heavy (non-hydrogen) atoms. The Morgan fingerprint density at radius 1 is 1.35 bits per heavy atom. The number of hydrogen-bond donors (Lipinski definition) is 2. The number of halogens is 2. The Morgan fingerprint density at radius 3 is 2.76 bits per heavy atom. The first-order valence-electron chi connectivity index (χ1n) is 10.3. The van der Waals surface area contributed by atoms with Gasteiger partial charge in [0.1, 0.15) is 11.9 Å². The summed E-state index contributed by atoms with van der Waals surface area (Å²) >= 11 is 3.26. The largest absolute Gasteiger partial charge is 0.482 e. The Kier molecular flexibility index (Phi) is 8.00. The number of aryl methyl sites for hydroxylation is 1. The number of ketones is 1. The number of carbonyl (C=O) groups excluding carboxylic acids is 1. The van der Waals surface area contributed by atoms with E-state index in [2.05, 4.69) is 36.6 Å². The molecule has 0 radical (unpaired) electrons. The Balaban J connectivity index is 2.00. The summed E-state index contributed by atoms with van der Waals surface area (Å²) in [7, 11) is 1.52. The van der Waals surface area contributed by atoms with Crippen molar-refractivity contribution in [2.24, 2.45) is 10.3 Å². The standard InChI is InChI=1S/C23H22BrFN6O3/c1-4-31-8-7-14(12-31)22(32)21(29-27-3)20(26)17-6-5-16(25)10-18(17)13(2)34-19-9-15(24)11-28-23(19)30-33/h5-13,26-27H,4H2,1-3H3/b26-20?,29-21+/t13-/m1/s1. The molecule has 0 unspecified atom stereocenters. The van der Waals surface area contributed by atoms with Crippen molar-refractivity contribution in [3.8, 4) is 5.75 Å². The Hall–Kier alpha value is -3.73. The van der Waals surface area contributed by atoms with E-state index in [1.807, 2.05) is 11.5 Å². The van der Waals surface area contributed by atoms with Gasteiger partial charge in [0.05, 0.1) is 5.71 Å². The first kappa shape index (κ1) is 24.9. The Morgan fingerprint density at radius 2 is 2.12 bits per heavy atom. The predicted octanol–water partition coefficient (Wildman–Crippen LogP) is 5.17. The van der Waals surface area contributed by atoms with Crippen LogP contribution in [0.5, 0.6) is 5.75 Å². The topological polar surface area (TPSA) is 122 Å². The fraction of sp³-hybridized carbons (Fsp3) is 0.217. The number of hydrazone groups is 1. The third-order valence-corrected chi connectivity index (χ3v) is 5.40. The van der Waals surface area contributed by atoms with E-state index < -0.39 is 17.7 Å². The second-order valence-corrected chi connectivity index (χ2v) is 8.09. The molecule has 3 rings (SSSR count). The van der Waals surface area contributed by atoms with E-state index in [4.69, 9.17) is 10.1 Å². The van der Waals surface area contributed by atoms with Crippen molar-refractivity contribution >= 4 is 39.0 Å². The van der Waals surface area contributed by atoms with Crippen LogP contribution >= 0.6 is 15.9 Å². The molecular formula is C23H22BrFN6O3. The van der Waals surface area contributed by atoms with Crippen LogP contribution in [0.1, 0.15) is 41.4 Å². The Labute approximate surface area is 203 Å². The van der Waals surface area contributed by atoms with E-state index in [-0.39, 0.29) is 34.1 Å². The fourth-order valence-corrected chi connectivity index (χ4v) is 3.60. The number of rotatable bonds is 10. The highest BCUT2D eigenvalue weighted by Gasteiger charge is 2.26. The summed E-state index contributed by atoms with van der Waals surface area (Å²) in [5.41, 5.74) is 3.11. The highest BCUT2D eigenvalue weighted by molar-refractivity contribution is 9.10. The molecular weight excluding hydrogens is 507 g/mol. The van der Waals surface area contributed by atoms with E-state index >= 15 is 0 Å². The lowest BCUT2D eigenvalue weighted by Gasteiger charge is -2.20.